The third kappa shape index (κ3) is 4.38. The molecule has 0 aromatic carbocycles. The van der Waals surface area contributed by atoms with Gasteiger partial charge >= 0.3 is 5.69 Å². The molecule has 0 unspecified atom stereocenters. The predicted molar refractivity (Wildman–Crippen MR) is 109 cm³/mol. The Kier molecular flexibility index (Phi) is 6.27. The number of hydrogen-bond acceptors (Lipinski definition) is 6. The molecule has 3 rings (SSSR count). The number of nitrogens with one attached hydrogen (secondary N) is 1. The van der Waals surface area contributed by atoms with Gasteiger partial charge in [0, 0.05) is 58.5 Å². The first-order valence-electron chi connectivity index (χ1n) is 9.69. The summed E-state index contributed by atoms with van der Waals surface area (Å²) in [5, 5.41) is 4.20. The number of aryl methyl sites for hydroxylation is 3. The van der Waals surface area contributed by atoms with E-state index < -0.39 is 21.3 Å². The van der Waals surface area contributed by atoms with E-state index in [0.717, 1.165) is 0 Å². The van der Waals surface area contributed by atoms with Gasteiger partial charge in [-0.05, 0) is 20.3 Å². The average Bonchev–Trinajstić information content (AvgIpc) is 2.85. The number of aromatic amines is 1. The van der Waals surface area contributed by atoms with Crippen LogP contribution in [0.3, 0.4) is 0 Å². The van der Waals surface area contributed by atoms with Crippen molar-refractivity contribution in [3.8, 4) is 0 Å². The summed E-state index contributed by atoms with van der Waals surface area (Å²) >= 11 is 0. The van der Waals surface area contributed by atoms with Crippen LogP contribution in [0.25, 0.3) is 0 Å². The zero-order chi connectivity index (χ0) is 22.1. The smallest absolute Gasteiger partial charge is 0.328 e. The van der Waals surface area contributed by atoms with Gasteiger partial charge in [-0.2, -0.15) is 9.40 Å². The molecule has 3 heterocycles. The molecule has 11 nitrogen and oxygen atoms in total. The summed E-state index contributed by atoms with van der Waals surface area (Å²) in [5.41, 5.74) is -0.0179. The van der Waals surface area contributed by atoms with Crippen molar-refractivity contribution in [2.45, 2.75) is 38.1 Å². The largest absolute Gasteiger partial charge is 0.341 e. The van der Waals surface area contributed by atoms with E-state index in [1.807, 2.05) is 0 Å². The van der Waals surface area contributed by atoms with Crippen molar-refractivity contribution in [3.63, 3.8) is 0 Å². The Bertz CT molecular complexity index is 1160. The number of carbonyl (C=O) groups is 1. The molecule has 30 heavy (non-hydrogen) atoms. The molecule has 0 bridgehead atoms. The highest BCUT2D eigenvalue weighted by Crippen LogP contribution is 2.24. The molecule has 0 spiro atoms. The molecule has 2 aromatic heterocycles. The lowest BCUT2D eigenvalue weighted by Gasteiger charge is -2.22. The van der Waals surface area contributed by atoms with E-state index in [0.29, 0.717) is 30.9 Å². The molecule has 1 N–H and O–H groups in total. The van der Waals surface area contributed by atoms with Gasteiger partial charge in [0.25, 0.3) is 5.56 Å². The average molecular weight is 439 g/mol. The van der Waals surface area contributed by atoms with Gasteiger partial charge < -0.3 is 9.47 Å². The van der Waals surface area contributed by atoms with Crippen molar-refractivity contribution in [2.24, 2.45) is 7.05 Å². The molecular weight excluding hydrogens is 412 g/mol. The lowest BCUT2D eigenvalue weighted by atomic mass is 10.3. The summed E-state index contributed by atoms with van der Waals surface area (Å²) < 4.78 is 30.5. The highest BCUT2D eigenvalue weighted by Gasteiger charge is 2.32. The molecule has 12 heteroatoms. The quantitative estimate of drug-likeness (QED) is 0.650. The van der Waals surface area contributed by atoms with E-state index in [9.17, 15) is 22.8 Å². The fourth-order valence-corrected chi connectivity index (χ4v) is 5.50. The van der Waals surface area contributed by atoms with Crippen LogP contribution < -0.4 is 11.2 Å². The Labute approximate surface area is 174 Å². The lowest BCUT2D eigenvalue weighted by Crippen LogP contribution is -2.38. The maximum Gasteiger partial charge on any atom is 0.328 e. The predicted octanol–water partition coefficient (Wildman–Crippen LogP) is -0.800. The molecule has 2 aromatic rings. The number of sulfonamides is 1. The summed E-state index contributed by atoms with van der Waals surface area (Å²) in [6, 6.07) is 1.23. The molecule has 1 aliphatic heterocycles. The SMILES string of the molecule is Cc1nn(C)c(C)c1S(=O)(=O)N1CCCN(C(=O)CCn2ccc(=O)[nH]c2=O)CC1. The fraction of sp³-hybridized carbons (Fsp3) is 0.556. The minimum atomic E-state index is -3.71. The topological polar surface area (TPSA) is 130 Å². The van der Waals surface area contributed by atoms with Crippen LogP contribution in [0.4, 0.5) is 0 Å². The van der Waals surface area contributed by atoms with Crippen molar-refractivity contribution in [1.29, 1.82) is 0 Å². The van der Waals surface area contributed by atoms with Crippen molar-refractivity contribution in [2.75, 3.05) is 26.2 Å². The standard InChI is InChI=1S/C18H26N6O5S/c1-13-17(14(2)21(3)20-13)30(28,29)24-8-4-7-22(11-12-24)16(26)6-10-23-9-5-15(25)19-18(23)27/h5,9H,4,6-8,10-12H2,1-3H3,(H,19,25,27). The highest BCUT2D eigenvalue weighted by atomic mass is 32.2. The van der Waals surface area contributed by atoms with Gasteiger partial charge in [0.1, 0.15) is 4.90 Å². The van der Waals surface area contributed by atoms with E-state index in [-0.39, 0.29) is 36.9 Å². The van der Waals surface area contributed by atoms with Gasteiger partial charge in [-0.3, -0.25) is 19.3 Å². The van der Waals surface area contributed by atoms with Crippen molar-refractivity contribution >= 4 is 15.9 Å². The molecule has 1 aliphatic rings. The second-order valence-corrected chi connectivity index (χ2v) is 9.19. The number of hydrogen-bond donors (Lipinski definition) is 1. The Morgan fingerprint density at radius 2 is 1.90 bits per heavy atom. The number of nitrogens with zero attached hydrogens (tertiary/aromatic N) is 5. The second kappa shape index (κ2) is 8.56. The van der Waals surface area contributed by atoms with Gasteiger partial charge in [0.2, 0.25) is 15.9 Å². The maximum atomic E-state index is 13.1. The van der Waals surface area contributed by atoms with Gasteiger partial charge in [0.05, 0.1) is 11.4 Å². The van der Waals surface area contributed by atoms with Crippen LogP contribution in [-0.4, -0.2) is 69.0 Å². The van der Waals surface area contributed by atoms with E-state index in [1.54, 1.807) is 30.5 Å². The van der Waals surface area contributed by atoms with Gasteiger partial charge in [-0.15, -0.1) is 0 Å². The van der Waals surface area contributed by atoms with E-state index >= 15 is 0 Å². The summed E-state index contributed by atoms with van der Waals surface area (Å²) in [6.45, 7) is 4.76. The molecule has 1 amide bonds. The van der Waals surface area contributed by atoms with Crippen LogP contribution in [-0.2, 0) is 28.4 Å². The Morgan fingerprint density at radius 3 is 2.53 bits per heavy atom. The second-order valence-electron chi connectivity index (χ2n) is 7.32. The van der Waals surface area contributed by atoms with Crippen LogP contribution in [0.1, 0.15) is 24.2 Å². The first kappa shape index (κ1) is 22.0. The minimum Gasteiger partial charge on any atom is -0.341 e. The van der Waals surface area contributed by atoms with Crippen molar-refractivity contribution in [3.05, 3.63) is 44.5 Å². The Balaban J connectivity index is 1.66. The summed E-state index contributed by atoms with van der Waals surface area (Å²) in [4.78, 5) is 39.4. The first-order chi connectivity index (χ1) is 14.1. The highest BCUT2D eigenvalue weighted by molar-refractivity contribution is 7.89. The lowest BCUT2D eigenvalue weighted by molar-refractivity contribution is -0.131. The summed E-state index contributed by atoms with van der Waals surface area (Å²) in [7, 11) is -2.00. The molecule has 0 aliphatic carbocycles. The molecule has 0 radical (unpaired) electrons. The zero-order valence-corrected chi connectivity index (χ0v) is 18.1. The van der Waals surface area contributed by atoms with Gasteiger partial charge in [0.15, 0.2) is 0 Å². The summed E-state index contributed by atoms with van der Waals surface area (Å²) in [5.74, 6) is -0.166. The number of H-pyrrole nitrogens is 1. The first-order valence-corrected chi connectivity index (χ1v) is 11.1. The Morgan fingerprint density at radius 1 is 1.17 bits per heavy atom. The van der Waals surface area contributed by atoms with Gasteiger partial charge in [-0.25, -0.2) is 13.2 Å². The number of rotatable bonds is 5. The van der Waals surface area contributed by atoms with E-state index in [2.05, 4.69) is 10.1 Å². The molecule has 1 fully saturated rings. The maximum absolute atomic E-state index is 13.1. The van der Waals surface area contributed by atoms with Crippen LogP contribution in [0.15, 0.2) is 26.7 Å². The molecule has 0 atom stereocenters. The zero-order valence-electron chi connectivity index (χ0n) is 17.3. The molecule has 0 saturated carbocycles. The van der Waals surface area contributed by atoms with E-state index in [1.165, 1.54) is 21.1 Å². The number of aromatic nitrogens is 4. The molecule has 164 valence electrons. The minimum absolute atomic E-state index is 0.0829. The van der Waals surface area contributed by atoms with E-state index in [4.69, 9.17) is 0 Å². The van der Waals surface area contributed by atoms with Crippen molar-refractivity contribution < 1.29 is 13.2 Å². The van der Waals surface area contributed by atoms with Crippen LogP contribution in [0.2, 0.25) is 0 Å². The number of amides is 1. The number of carbonyl (C=O) groups excluding carboxylic acids is 1. The molecule has 1 saturated heterocycles. The fourth-order valence-electron chi connectivity index (χ4n) is 3.63. The van der Waals surface area contributed by atoms with Crippen LogP contribution in [0, 0.1) is 13.8 Å². The van der Waals surface area contributed by atoms with Crippen molar-refractivity contribution in [1.82, 2.24) is 28.5 Å². The van der Waals surface area contributed by atoms with Crippen LogP contribution >= 0.6 is 0 Å². The molecular formula is C18H26N6O5S. The summed E-state index contributed by atoms with van der Waals surface area (Å²) in [6.07, 6.45) is 1.95. The third-order valence-electron chi connectivity index (χ3n) is 5.31. The third-order valence-corrected chi connectivity index (χ3v) is 7.46. The van der Waals surface area contributed by atoms with Gasteiger partial charge in [-0.1, -0.05) is 0 Å². The van der Waals surface area contributed by atoms with Crippen LogP contribution in [0.5, 0.6) is 0 Å². The monoisotopic (exact) mass is 438 g/mol. The Hall–Kier alpha value is -2.73. The normalized spacial score (nSPS) is 15.9.